The third kappa shape index (κ3) is 3.95. The summed E-state index contributed by atoms with van der Waals surface area (Å²) >= 11 is 5.83. The smallest absolute Gasteiger partial charge is 0.223 e. The summed E-state index contributed by atoms with van der Waals surface area (Å²) in [4.78, 5) is 28.6. The van der Waals surface area contributed by atoms with Crippen molar-refractivity contribution in [1.82, 2.24) is 19.9 Å². The standard InChI is InChI=1S/C18H16ClFN6O/c19-13-7-11(3-6-14(13)20)24-17-16-15(22-9-23-17)8-21-18(26-16)25-10-1-4-12(27)5-2-10/h3,6-10H,1-2,4-5H2,(H,21,25,26)(H,22,23,24). The number of hydrogen-bond acceptors (Lipinski definition) is 7. The van der Waals surface area contributed by atoms with Crippen molar-refractivity contribution >= 4 is 45.9 Å². The summed E-state index contributed by atoms with van der Waals surface area (Å²) in [6.07, 6.45) is 5.70. The van der Waals surface area contributed by atoms with Gasteiger partial charge in [-0.3, -0.25) is 4.79 Å². The Kier molecular flexibility index (Phi) is 4.81. The summed E-state index contributed by atoms with van der Waals surface area (Å²) in [6.45, 7) is 0. The number of hydrogen-bond donors (Lipinski definition) is 2. The van der Waals surface area contributed by atoms with Crippen molar-refractivity contribution in [1.29, 1.82) is 0 Å². The zero-order chi connectivity index (χ0) is 18.8. The number of nitrogens with zero attached hydrogens (tertiary/aromatic N) is 4. The van der Waals surface area contributed by atoms with E-state index >= 15 is 0 Å². The van der Waals surface area contributed by atoms with E-state index in [4.69, 9.17) is 11.6 Å². The number of halogens is 2. The third-order valence-corrected chi connectivity index (χ3v) is 4.73. The molecule has 0 spiro atoms. The van der Waals surface area contributed by atoms with Crippen LogP contribution in [0.1, 0.15) is 25.7 Å². The summed E-state index contributed by atoms with van der Waals surface area (Å²) in [5.74, 6) is 0.726. The number of nitrogens with one attached hydrogen (secondary N) is 2. The highest BCUT2D eigenvalue weighted by Crippen LogP contribution is 2.26. The average molecular weight is 387 g/mol. The lowest BCUT2D eigenvalue weighted by Gasteiger charge is -2.22. The Hall–Kier alpha value is -2.87. The third-order valence-electron chi connectivity index (χ3n) is 4.44. The molecular formula is C18H16ClFN6O. The first-order valence-electron chi connectivity index (χ1n) is 8.56. The Balaban J connectivity index is 1.60. The molecule has 138 valence electrons. The van der Waals surface area contributed by atoms with Crippen LogP contribution < -0.4 is 10.6 Å². The van der Waals surface area contributed by atoms with E-state index in [0.29, 0.717) is 47.1 Å². The largest absolute Gasteiger partial charge is 0.351 e. The molecule has 0 atom stereocenters. The molecule has 3 aromatic rings. The lowest BCUT2D eigenvalue weighted by Crippen LogP contribution is -2.26. The van der Waals surface area contributed by atoms with Crippen molar-refractivity contribution in [2.45, 2.75) is 31.7 Å². The molecule has 0 aliphatic heterocycles. The van der Waals surface area contributed by atoms with Crippen LogP contribution in [0.3, 0.4) is 0 Å². The van der Waals surface area contributed by atoms with E-state index in [9.17, 15) is 9.18 Å². The molecule has 0 bridgehead atoms. The number of Topliss-reactive ketones (excluding diaryl/α,β-unsaturated/α-hetero) is 1. The van der Waals surface area contributed by atoms with Crippen molar-refractivity contribution < 1.29 is 9.18 Å². The Morgan fingerprint density at radius 2 is 1.96 bits per heavy atom. The lowest BCUT2D eigenvalue weighted by atomic mass is 9.94. The number of benzene rings is 1. The van der Waals surface area contributed by atoms with Crippen LogP contribution in [0.2, 0.25) is 5.02 Å². The zero-order valence-electron chi connectivity index (χ0n) is 14.2. The van der Waals surface area contributed by atoms with E-state index in [-0.39, 0.29) is 11.1 Å². The van der Waals surface area contributed by atoms with Gasteiger partial charge in [-0.05, 0) is 31.0 Å². The van der Waals surface area contributed by atoms with E-state index in [0.717, 1.165) is 12.8 Å². The first-order valence-corrected chi connectivity index (χ1v) is 8.94. The van der Waals surface area contributed by atoms with Crippen LogP contribution in [0.25, 0.3) is 11.0 Å². The van der Waals surface area contributed by atoms with Gasteiger partial charge in [0.15, 0.2) is 5.82 Å². The van der Waals surface area contributed by atoms with Crippen LogP contribution in [0.4, 0.5) is 21.8 Å². The van der Waals surface area contributed by atoms with E-state index < -0.39 is 5.82 Å². The molecule has 1 aromatic carbocycles. The minimum atomic E-state index is -0.491. The molecule has 2 heterocycles. The fourth-order valence-electron chi connectivity index (χ4n) is 2.99. The minimum absolute atomic E-state index is 0.0159. The van der Waals surface area contributed by atoms with Crippen molar-refractivity contribution in [3.05, 3.63) is 41.6 Å². The number of anilines is 3. The predicted octanol–water partition coefficient (Wildman–Crippen LogP) is 3.88. The van der Waals surface area contributed by atoms with Crippen molar-refractivity contribution in [2.75, 3.05) is 10.6 Å². The molecule has 2 aromatic heterocycles. The first-order chi connectivity index (χ1) is 13.1. The van der Waals surface area contributed by atoms with Gasteiger partial charge in [-0.2, -0.15) is 0 Å². The van der Waals surface area contributed by atoms with Crippen LogP contribution in [-0.4, -0.2) is 31.8 Å². The number of ketones is 1. The summed E-state index contributed by atoms with van der Waals surface area (Å²) < 4.78 is 13.4. The maximum atomic E-state index is 13.4. The molecule has 0 saturated heterocycles. The molecule has 0 amide bonds. The molecule has 1 fully saturated rings. The highest BCUT2D eigenvalue weighted by Gasteiger charge is 2.19. The minimum Gasteiger partial charge on any atom is -0.351 e. The van der Waals surface area contributed by atoms with Gasteiger partial charge < -0.3 is 10.6 Å². The molecule has 1 aliphatic carbocycles. The van der Waals surface area contributed by atoms with Crippen LogP contribution >= 0.6 is 11.6 Å². The molecule has 1 saturated carbocycles. The van der Waals surface area contributed by atoms with Gasteiger partial charge in [0.2, 0.25) is 5.95 Å². The maximum absolute atomic E-state index is 13.4. The predicted molar refractivity (Wildman–Crippen MR) is 101 cm³/mol. The number of aromatic nitrogens is 4. The average Bonchev–Trinajstić information content (AvgIpc) is 2.67. The highest BCUT2D eigenvalue weighted by molar-refractivity contribution is 6.31. The number of carbonyl (C=O) groups is 1. The van der Waals surface area contributed by atoms with Crippen molar-refractivity contribution in [3.63, 3.8) is 0 Å². The Morgan fingerprint density at radius 1 is 1.15 bits per heavy atom. The van der Waals surface area contributed by atoms with Crippen LogP contribution in [0, 0.1) is 5.82 Å². The fraction of sp³-hybridized carbons (Fsp3) is 0.278. The molecule has 4 rings (SSSR count). The van der Waals surface area contributed by atoms with E-state index in [1.165, 1.54) is 18.5 Å². The van der Waals surface area contributed by atoms with Crippen LogP contribution in [0.5, 0.6) is 0 Å². The molecular weight excluding hydrogens is 371 g/mol. The normalized spacial score (nSPS) is 15.1. The Labute approximate surface area is 159 Å². The van der Waals surface area contributed by atoms with Crippen LogP contribution in [-0.2, 0) is 4.79 Å². The molecule has 7 nitrogen and oxygen atoms in total. The fourth-order valence-corrected chi connectivity index (χ4v) is 3.17. The van der Waals surface area contributed by atoms with Crippen LogP contribution in [0.15, 0.2) is 30.7 Å². The Morgan fingerprint density at radius 3 is 2.74 bits per heavy atom. The summed E-state index contributed by atoms with van der Waals surface area (Å²) in [7, 11) is 0. The molecule has 2 N–H and O–H groups in total. The summed E-state index contributed by atoms with van der Waals surface area (Å²) in [5, 5.41) is 6.38. The van der Waals surface area contributed by atoms with E-state index in [1.54, 1.807) is 12.3 Å². The molecule has 1 aliphatic rings. The van der Waals surface area contributed by atoms with Crippen molar-refractivity contribution in [2.24, 2.45) is 0 Å². The van der Waals surface area contributed by atoms with Crippen molar-refractivity contribution in [3.8, 4) is 0 Å². The summed E-state index contributed by atoms with van der Waals surface area (Å²) in [5.41, 5.74) is 1.69. The van der Waals surface area contributed by atoms with Gasteiger partial charge in [0.25, 0.3) is 0 Å². The second kappa shape index (κ2) is 7.40. The van der Waals surface area contributed by atoms with Gasteiger partial charge >= 0.3 is 0 Å². The zero-order valence-corrected chi connectivity index (χ0v) is 15.0. The van der Waals surface area contributed by atoms with Gasteiger partial charge in [-0.15, -0.1) is 0 Å². The number of fused-ring (bicyclic) bond motifs is 1. The van der Waals surface area contributed by atoms with E-state index in [2.05, 4.69) is 30.6 Å². The van der Waals surface area contributed by atoms with Gasteiger partial charge in [-0.1, -0.05) is 11.6 Å². The SMILES string of the molecule is O=C1CCC(Nc2ncc3ncnc(Nc4ccc(F)c(Cl)c4)c3n2)CC1. The second-order valence-corrected chi connectivity index (χ2v) is 6.77. The topological polar surface area (TPSA) is 92.7 Å². The maximum Gasteiger partial charge on any atom is 0.223 e. The van der Waals surface area contributed by atoms with E-state index in [1.807, 2.05) is 0 Å². The van der Waals surface area contributed by atoms with Gasteiger partial charge in [-0.25, -0.2) is 24.3 Å². The monoisotopic (exact) mass is 386 g/mol. The van der Waals surface area contributed by atoms with Gasteiger partial charge in [0.05, 0.1) is 11.2 Å². The lowest BCUT2D eigenvalue weighted by molar-refractivity contribution is -0.120. The quantitative estimate of drug-likeness (QED) is 0.702. The number of rotatable bonds is 4. The second-order valence-electron chi connectivity index (χ2n) is 6.36. The van der Waals surface area contributed by atoms with Gasteiger partial charge in [0, 0.05) is 24.6 Å². The molecule has 9 heteroatoms. The van der Waals surface area contributed by atoms with Gasteiger partial charge in [0.1, 0.15) is 29.0 Å². The Bertz CT molecular complexity index is 1000. The highest BCUT2D eigenvalue weighted by atomic mass is 35.5. The molecule has 0 unspecified atom stereocenters. The first kappa shape index (κ1) is 17.5. The summed E-state index contributed by atoms with van der Waals surface area (Å²) in [6, 6.07) is 4.48. The molecule has 27 heavy (non-hydrogen) atoms. The molecule has 0 radical (unpaired) electrons. The number of carbonyl (C=O) groups excluding carboxylic acids is 1.